The Kier molecular flexibility index (Phi) is 1.57. The minimum absolute atomic E-state index is 1.74. The molecule has 30 valence electrons. The lowest BCUT2D eigenvalue weighted by Gasteiger charge is -2.03. The van der Waals surface area contributed by atoms with E-state index in [1.807, 2.05) is 0 Å². The van der Waals surface area contributed by atoms with E-state index in [0.717, 1.165) is 0 Å². The van der Waals surface area contributed by atoms with E-state index in [-0.39, 0.29) is 0 Å². The van der Waals surface area contributed by atoms with Crippen LogP contribution < -0.4 is 0 Å². The van der Waals surface area contributed by atoms with Crippen LogP contribution in [0, 0.1) is 12.3 Å². The van der Waals surface area contributed by atoms with Gasteiger partial charge >= 0.3 is 0 Å². The Morgan fingerprint density at radius 2 is 2.17 bits per heavy atom. The fourth-order valence-electron chi connectivity index (χ4n) is 0. The van der Waals surface area contributed by atoms with Gasteiger partial charge in [-0.1, -0.05) is 5.92 Å². The van der Waals surface area contributed by atoms with E-state index in [2.05, 4.69) is 19.1 Å². The quantitative estimate of drug-likeness (QED) is 0.179. The summed E-state index contributed by atoms with van der Waals surface area (Å²) >= 11 is 3.35. The van der Waals surface area contributed by atoms with Crippen molar-refractivity contribution in [3.05, 3.63) is 0 Å². The van der Waals surface area contributed by atoms with E-state index in [4.69, 9.17) is 13.0 Å². The van der Waals surface area contributed by atoms with Crippen molar-refractivity contribution in [2.45, 2.75) is 4.83 Å². The zero-order valence-corrected chi connectivity index (χ0v) is 3.94. The van der Waals surface area contributed by atoms with Crippen LogP contribution in [0.25, 0.3) is 0 Å². The Morgan fingerprint density at radius 1 is 2.00 bits per heavy atom. The molecule has 0 fully saturated rings. The monoisotopic (exact) mass is 98.0 g/mol. The highest BCUT2D eigenvalue weighted by molar-refractivity contribution is 7.83. The van der Waals surface area contributed by atoms with Crippen molar-refractivity contribution in [3.63, 3.8) is 0 Å². The number of hydrogen-bond acceptors (Lipinski definition) is 2. The Labute approximate surface area is 43.6 Å². The largest absolute Gasteiger partial charge is 0.378 e. The van der Waals surface area contributed by atoms with Gasteiger partial charge in [0.2, 0.25) is 0 Å². The van der Waals surface area contributed by atoms with Gasteiger partial charge in [-0.2, -0.15) is 0 Å². The standard InChI is InChI=1S/C3H3BOS/c1-2-3(4,5)6/h1,5-6H. The predicted molar refractivity (Wildman–Crippen MR) is 28.5 cm³/mol. The summed E-state index contributed by atoms with van der Waals surface area (Å²) in [5.74, 6) is 1.80. The van der Waals surface area contributed by atoms with Gasteiger partial charge in [0.1, 0.15) is 12.7 Å². The van der Waals surface area contributed by atoms with Crippen LogP contribution in [0.5, 0.6) is 0 Å². The molecule has 0 aliphatic rings. The average Bonchev–Trinajstić information content (AvgIpc) is 1.35. The van der Waals surface area contributed by atoms with Gasteiger partial charge in [-0.25, -0.2) is 0 Å². The predicted octanol–water partition coefficient (Wildman–Crippen LogP) is -0.636. The number of terminal acetylenes is 1. The molecule has 1 nitrogen and oxygen atoms in total. The molecule has 3 heteroatoms. The number of hydrogen-bond donors (Lipinski definition) is 2. The molecular formula is C3H3BOS. The first-order valence-corrected chi connectivity index (χ1v) is 1.72. The highest BCUT2D eigenvalue weighted by Crippen LogP contribution is 1.97. The second-order valence-corrected chi connectivity index (χ2v) is 1.55. The SMILES string of the molecule is [B]C(O)(S)C#C. The maximum atomic E-state index is 8.23. The minimum Gasteiger partial charge on any atom is -0.378 e. The molecule has 0 spiro atoms. The van der Waals surface area contributed by atoms with Crippen molar-refractivity contribution in [1.82, 2.24) is 0 Å². The second-order valence-electron chi connectivity index (χ2n) is 0.870. The van der Waals surface area contributed by atoms with E-state index < -0.39 is 4.83 Å². The first-order chi connectivity index (χ1) is 2.56. The fraction of sp³-hybridized carbons (Fsp3) is 0.333. The van der Waals surface area contributed by atoms with Crippen LogP contribution in [0.15, 0.2) is 0 Å². The molecule has 0 rings (SSSR count). The van der Waals surface area contributed by atoms with Crippen molar-refractivity contribution < 1.29 is 5.11 Å². The lowest BCUT2D eigenvalue weighted by Crippen LogP contribution is -2.16. The van der Waals surface area contributed by atoms with E-state index in [9.17, 15) is 0 Å². The summed E-state index contributed by atoms with van der Waals surface area (Å²) in [6, 6.07) is 0. The average molecular weight is 97.9 g/mol. The van der Waals surface area contributed by atoms with Crippen molar-refractivity contribution in [2.24, 2.45) is 0 Å². The summed E-state index contributed by atoms with van der Waals surface area (Å²) in [5, 5.41) is 8.23. The molecule has 0 heterocycles. The number of rotatable bonds is 0. The van der Waals surface area contributed by atoms with E-state index in [1.54, 1.807) is 5.92 Å². The molecule has 2 radical (unpaired) electrons. The molecule has 0 aliphatic carbocycles. The summed E-state index contributed by atoms with van der Waals surface area (Å²) in [5.41, 5.74) is 0. The van der Waals surface area contributed by atoms with Gasteiger partial charge < -0.3 is 5.11 Å². The Hall–Kier alpha value is -0.0651. The molecular weight excluding hydrogens is 94.9 g/mol. The third-order valence-electron chi connectivity index (χ3n) is 0.212. The Bertz CT molecular complexity index is 77.8. The van der Waals surface area contributed by atoms with Crippen LogP contribution in [0.3, 0.4) is 0 Å². The maximum Gasteiger partial charge on any atom is 0.146 e. The van der Waals surface area contributed by atoms with E-state index in [1.165, 1.54) is 0 Å². The van der Waals surface area contributed by atoms with Crippen LogP contribution in [-0.4, -0.2) is 17.8 Å². The van der Waals surface area contributed by atoms with Crippen LogP contribution in [0.2, 0.25) is 0 Å². The maximum absolute atomic E-state index is 8.23. The molecule has 6 heavy (non-hydrogen) atoms. The first kappa shape index (κ1) is 5.93. The van der Waals surface area contributed by atoms with Gasteiger partial charge in [0.15, 0.2) is 0 Å². The fourth-order valence-corrected chi connectivity index (χ4v) is 0. The highest BCUT2D eigenvalue weighted by Gasteiger charge is 2.04. The van der Waals surface area contributed by atoms with Crippen LogP contribution >= 0.6 is 12.6 Å². The summed E-state index contributed by atoms with van der Waals surface area (Å²) in [6.07, 6.45) is 4.60. The first-order valence-electron chi connectivity index (χ1n) is 1.27. The summed E-state index contributed by atoms with van der Waals surface area (Å²) < 4.78 is 0. The lowest BCUT2D eigenvalue weighted by atomic mass is 10.0. The van der Waals surface area contributed by atoms with Crippen molar-refractivity contribution in [2.75, 3.05) is 0 Å². The smallest absolute Gasteiger partial charge is 0.146 e. The van der Waals surface area contributed by atoms with Gasteiger partial charge in [-0.3, -0.25) is 0 Å². The van der Waals surface area contributed by atoms with Crippen molar-refractivity contribution >= 4 is 20.5 Å². The molecule has 1 unspecified atom stereocenters. The normalized spacial score (nSPS) is 18.2. The van der Waals surface area contributed by atoms with Gasteiger partial charge in [0.25, 0.3) is 0 Å². The number of thiol groups is 1. The van der Waals surface area contributed by atoms with Gasteiger partial charge in [-0.05, 0) is 0 Å². The second kappa shape index (κ2) is 1.59. The summed E-state index contributed by atoms with van der Waals surface area (Å²) in [6.45, 7) is 0. The minimum atomic E-state index is -1.74. The molecule has 0 aliphatic heterocycles. The zero-order valence-electron chi connectivity index (χ0n) is 3.05. The molecule has 1 atom stereocenters. The topological polar surface area (TPSA) is 20.2 Å². The van der Waals surface area contributed by atoms with Gasteiger partial charge in [0.05, 0.1) is 0 Å². The van der Waals surface area contributed by atoms with Crippen molar-refractivity contribution in [3.8, 4) is 12.3 Å². The lowest BCUT2D eigenvalue weighted by molar-refractivity contribution is 0.282. The summed E-state index contributed by atoms with van der Waals surface area (Å²) in [4.78, 5) is -1.74. The van der Waals surface area contributed by atoms with Gasteiger partial charge in [-0.15, -0.1) is 19.1 Å². The molecule has 0 aromatic heterocycles. The third-order valence-corrected chi connectivity index (χ3v) is 0.342. The van der Waals surface area contributed by atoms with Gasteiger partial charge in [0, 0.05) is 0 Å². The van der Waals surface area contributed by atoms with E-state index in [0.29, 0.717) is 0 Å². The molecule has 0 aromatic carbocycles. The third kappa shape index (κ3) is 3.93. The molecule has 0 bridgehead atoms. The van der Waals surface area contributed by atoms with E-state index >= 15 is 0 Å². The van der Waals surface area contributed by atoms with Crippen LogP contribution in [0.1, 0.15) is 0 Å². The molecule has 0 aromatic rings. The Balaban J connectivity index is 3.55. The zero-order chi connectivity index (χ0) is 5.21. The summed E-state index contributed by atoms with van der Waals surface area (Å²) in [7, 11) is 4.72. The molecule has 0 amide bonds. The molecule has 0 saturated carbocycles. The molecule has 0 saturated heterocycles. The molecule has 1 N–H and O–H groups in total. The number of aliphatic hydroxyl groups is 1. The Morgan fingerprint density at radius 3 is 2.17 bits per heavy atom. The van der Waals surface area contributed by atoms with Crippen LogP contribution in [0.4, 0.5) is 0 Å². The highest BCUT2D eigenvalue weighted by atomic mass is 32.1. The van der Waals surface area contributed by atoms with Crippen LogP contribution in [-0.2, 0) is 0 Å². The van der Waals surface area contributed by atoms with Crippen molar-refractivity contribution in [1.29, 1.82) is 0 Å².